The molecule has 2 nitrogen and oxygen atoms in total. The molecule has 0 aromatic carbocycles. The Morgan fingerprint density at radius 3 is 2.23 bits per heavy atom. The van der Waals surface area contributed by atoms with Crippen molar-refractivity contribution in [1.82, 2.24) is 4.90 Å². The average molecular weight is 199 g/mol. The van der Waals surface area contributed by atoms with Crippen LogP contribution in [0.5, 0.6) is 0 Å². The van der Waals surface area contributed by atoms with Gasteiger partial charge in [0.2, 0.25) is 0 Å². The quantitative estimate of drug-likeness (QED) is 0.727. The smallest absolute Gasteiger partial charge is 0.395 e. The molecular formula is C8H16F3NO. The third-order valence-corrected chi connectivity index (χ3v) is 1.98. The lowest BCUT2D eigenvalue weighted by molar-refractivity contribution is -0.151. The van der Waals surface area contributed by atoms with Crippen molar-refractivity contribution in [2.45, 2.75) is 32.5 Å². The molecule has 0 aromatic heterocycles. The molecule has 1 N–H and O–H groups in total. The first-order valence-electron chi connectivity index (χ1n) is 4.32. The molecule has 0 fully saturated rings. The van der Waals surface area contributed by atoms with Gasteiger partial charge in [-0.05, 0) is 13.3 Å². The fourth-order valence-corrected chi connectivity index (χ4v) is 1.07. The Bertz CT molecular complexity index is 138. The molecule has 0 saturated carbocycles. The Morgan fingerprint density at radius 2 is 1.92 bits per heavy atom. The number of hydrogen-bond acceptors (Lipinski definition) is 2. The summed E-state index contributed by atoms with van der Waals surface area (Å²) in [5.41, 5.74) is 0. The molecule has 5 heteroatoms. The molecule has 0 amide bonds. The maximum absolute atomic E-state index is 12.0. The van der Waals surface area contributed by atoms with Crippen LogP contribution in [-0.2, 0) is 0 Å². The third kappa shape index (κ3) is 5.87. The predicted octanol–water partition coefficient (Wildman–Crippen LogP) is 1.64. The van der Waals surface area contributed by atoms with Crippen LogP contribution in [0.15, 0.2) is 0 Å². The summed E-state index contributed by atoms with van der Waals surface area (Å²) in [5.74, 6) is 0. The zero-order valence-electron chi connectivity index (χ0n) is 7.93. The fraction of sp³-hybridized carbons (Fsp3) is 1.00. The number of alkyl halides is 3. The van der Waals surface area contributed by atoms with Gasteiger partial charge in [0.25, 0.3) is 0 Å². The second kappa shape index (κ2) is 5.44. The Kier molecular flexibility index (Phi) is 5.32. The minimum Gasteiger partial charge on any atom is -0.395 e. The van der Waals surface area contributed by atoms with Crippen molar-refractivity contribution in [1.29, 1.82) is 0 Å². The van der Waals surface area contributed by atoms with Crippen LogP contribution in [0.3, 0.4) is 0 Å². The monoisotopic (exact) mass is 199 g/mol. The van der Waals surface area contributed by atoms with Gasteiger partial charge in [-0.25, -0.2) is 0 Å². The predicted molar refractivity (Wildman–Crippen MR) is 44.5 cm³/mol. The Hall–Kier alpha value is -0.290. The van der Waals surface area contributed by atoms with Crippen molar-refractivity contribution in [3.8, 4) is 0 Å². The maximum atomic E-state index is 12.0. The number of aliphatic hydroxyl groups is 1. The van der Waals surface area contributed by atoms with Crippen LogP contribution in [0, 0.1) is 0 Å². The highest BCUT2D eigenvalue weighted by Crippen LogP contribution is 2.18. The van der Waals surface area contributed by atoms with Gasteiger partial charge in [0, 0.05) is 12.6 Å². The zero-order valence-corrected chi connectivity index (χ0v) is 7.93. The fourth-order valence-electron chi connectivity index (χ4n) is 1.07. The molecule has 1 atom stereocenters. The molecule has 0 aliphatic heterocycles. The lowest BCUT2D eigenvalue weighted by atomic mass is 10.2. The van der Waals surface area contributed by atoms with Crippen molar-refractivity contribution in [3.63, 3.8) is 0 Å². The van der Waals surface area contributed by atoms with Gasteiger partial charge in [-0.2, -0.15) is 13.2 Å². The van der Waals surface area contributed by atoms with Gasteiger partial charge in [0.05, 0.1) is 13.2 Å². The highest BCUT2D eigenvalue weighted by atomic mass is 19.4. The molecule has 0 rings (SSSR count). The minimum absolute atomic E-state index is 0.0779. The average Bonchev–Trinajstić information content (AvgIpc) is 2.00. The summed E-state index contributed by atoms with van der Waals surface area (Å²) in [6.07, 6.45) is -3.53. The second-order valence-corrected chi connectivity index (χ2v) is 3.07. The zero-order chi connectivity index (χ0) is 10.5. The molecular weight excluding hydrogens is 183 g/mol. The summed E-state index contributed by atoms with van der Waals surface area (Å²) in [5, 5.41) is 8.57. The SMILES string of the molecule is CCC(C)N(CCO)CC(F)(F)F. The summed E-state index contributed by atoms with van der Waals surface area (Å²) in [4.78, 5) is 1.24. The van der Waals surface area contributed by atoms with Gasteiger partial charge in [-0.3, -0.25) is 4.90 Å². The van der Waals surface area contributed by atoms with Crippen LogP contribution in [0.4, 0.5) is 13.2 Å². The highest BCUT2D eigenvalue weighted by Gasteiger charge is 2.31. The normalized spacial score (nSPS) is 15.0. The van der Waals surface area contributed by atoms with Crippen LogP contribution in [0.1, 0.15) is 20.3 Å². The highest BCUT2D eigenvalue weighted by molar-refractivity contribution is 4.68. The Balaban J connectivity index is 4.09. The number of nitrogens with zero attached hydrogens (tertiary/aromatic N) is 1. The van der Waals surface area contributed by atoms with Gasteiger partial charge < -0.3 is 5.11 Å². The first-order chi connectivity index (χ1) is 5.90. The largest absolute Gasteiger partial charge is 0.401 e. The van der Waals surface area contributed by atoms with Crippen molar-refractivity contribution in [2.75, 3.05) is 19.7 Å². The van der Waals surface area contributed by atoms with E-state index in [9.17, 15) is 13.2 Å². The summed E-state index contributed by atoms with van der Waals surface area (Å²) < 4.78 is 36.0. The molecule has 0 aliphatic rings. The van der Waals surface area contributed by atoms with E-state index in [0.29, 0.717) is 6.42 Å². The molecule has 0 aliphatic carbocycles. The van der Waals surface area contributed by atoms with E-state index in [1.807, 2.05) is 6.92 Å². The molecule has 13 heavy (non-hydrogen) atoms. The van der Waals surface area contributed by atoms with Crippen LogP contribution in [-0.4, -0.2) is 41.9 Å². The minimum atomic E-state index is -4.18. The van der Waals surface area contributed by atoms with Crippen molar-refractivity contribution in [3.05, 3.63) is 0 Å². The molecule has 0 radical (unpaired) electrons. The number of aliphatic hydroxyl groups excluding tert-OH is 1. The lowest BCUT2D eigenvalue weighted by Crippen LogP contribution is -2.41. The summed E-state index contributed by atoms with van der Waals surface area (Å²) >= 11 is 0. The Morgan fingerprint density at radius 1 is 1.38 bits per heavy atom. The molecule has 0 spiro atoms. The van der Waals surface area contributed by atoms with Crippen LogP contribution >= 0.6 is 0 Å². The lowest BCUT2D eigenvalue weighted by Gasteiger charge is -2.28. The molecule has 0 saturated heterocycles. The van der Waals surface area contributed by atoms with Crippen LogP contribution in [0.25, 0.3) is 0 Å². The van der Waals surface area contributed by atoms with E-state index in [-0.39, 0.29) is 19.2 Å². The molecule has 80 valence electrons. The van der Waals surface area contributed by atoms with E-state index in [2.05, 4.69) is 0 Å². The van der Waals surface area contributed by atoms with E-state index < -0.39 is 12.7 Å². The maximum Gasteiger partial charge on any atom is 0.401 e. The van der Waals surface area contributed by atoms with E-state index in [1.54, 1.807) is 6.92 Å². The van der Waals surface area contributed by atoms with Gasteiger partial charge in [-0.15, -0.1) is 0 Å². The number of rotatable bonds is 5. The van der Waals surface area contributed by atoms with E-state index >= 15 is 0 Å². The topological polar surface area (TPSA) is 23.5 Å². The van der Waals surface area contributed by atoms with Crippen molar-refractivity contribution in [2.24, 2.45) is 0 Å². The van der Waals surface area contributed by atoms with Crippen LogP contribution < -0.4 is 0 Å². The van der Waals surface area contributed by atoms with Crippen molar-refractivity contribution >= 4 is 0 Å². The molecule has 0 bridgehead atoms. The Labute approximate surface area is 76.3 Å². The summed E-state index contributed by atoms with van der Waals surface area (Å²) in [6, 6.07) is -0.145. The summed E-state index contributed by atoms with van der Waals surface area (Å²) in [6.45, 7) is 2.45. The second-order valence-electron chi connectivity index (χ2n) is 3.07. The van der Waals surface area contributed by atoms with Gasteiger partial charge in [0.15, 0.2) is 0 Å². The summed E-state index contributed by atoms with van der Waals surface area (Å²) in [7, 11) is 0. The standard InChI is InChI=1S/C8H16F3NO/c1-3-7(2)12(4-5-13)6-8(9,10)11/h7,13H,3-6H2,1-2H3. The van der Waals surface area contributed by atoms with Crippen molar-refractivity contribution < 1.29 is 18.3 Å². The van der Waals surface area contributed by atoms with E-state index in [0.717, 1.165) is 0 Å². The molecule has 0 aromatic rings. The first-order valence-corrected chi connectivity index (χ1v) is 4.32. The number of hydrogen-bond donors (Lipinski definition) is 1. The van der Waals surface area contributed by atoms with Crippen LogP contribution in [0.2, 0.25) is 0 Å². The molecule has 1 unspecified atom stereocenters. The van der Waals surface area contributed by atoms with Gasteiger partial charge in [0.1, 0.15) is 0 Å². The van der Waals surface area contributed by atoms with Gasteiger partial charge >= 0.3 is 6.18 Å². The van der Waals surface area contributed by atoms with E-state index in [1.165, 1.54) is 4.90 Å². The third-order valence-electron chi connectivity index (χ3n) is 1.98. The number of halogens is 3. The first kappa shape index (κ1) is 12.7. The van der Waals surface area contributed by atoms with Gasteiger partial charge in [-0.1, -0.05) is 6.92 Å². The van der Waals surface area contributed by atoms with E-state index in [4.69, 9.17) is 5.11 Å². The molecule has 0 heterocycles.